The zero-order valence-corrected chi connectivity index (χ0v) is 8.30. The van der Waals surface area contributed by atoms with Gasteiger partial charge in [-0.15, -0.1) is 11.8 Å². The van der Waals surface area contributed by atoms with E-state index in [1.54, 1.807) is 13.2 Å². The minimum absolute atomic E-state index is 0.154. The third-order valence-electron chi connectivity index (χ3n) is 1.57. The largest absolute Gasteiger partial charge is 0.497 e. The molecule has 0 aliphatic heterocycles. The van der Waals surface area contributed by atoms with Crippen molar-refractivity contribution in [1.82, 2.24) is 0 Å². The van der Waals surface area contributed by atoms with Crippen LogP contribution in [-0.4, -0.2) is 24.6 Å². The second kappa shape index (κ2) is 4.99. The molecule has 0 aromatic heterocycles. The Kier molecular flexibility index (Phi) is 3.92. The van der Waals surface area contributed by atoms with Gasteiger partial charge in [0, 0.05) is 16.3 Å². The lowest BCUT2D eigenvalue weighted by Gasteiger charge is -2.06. The zero-order valence-electron chi connectivity index (χ0n) is 7.49. The minimum Gasteiger partial charge on any atom is -0.497 e. The first-order valence-corrected chi connectivity index (χ1v) is 4.93. The van der Waals surface area contributed by atoms with Crippen LogP contribution in [0.2, 0.25) is 0 Å². The van der Waals surface area contributed by atoms with E-state index in [1.165, 1.54) is 11.8 Å². The summed E-state index contributed by atoms with van der Waals surface area (Å²) in [6.45, 7) is 0.154. The molecule has 0 atom stereocenters. The van der Waals surface area contributed by atoms with Gasteiger partial charge in [-0.2, -0.15) is 0 Å². The maximum Gasteiger partial charge on any atom is 0.120 e. The quantitative estimate of drug-likeness (QED) is 0.568. The molecular weight excluding hydrogens is 186 g/mol. The van der Waals surface area contributed by atoms with Crippen LogP contribution in [0.5, 0.6) is 5.75 Å². The fraction of sp³-hybridized carbons (Fsp3) is 0.333. The number of anilines is 1. The molecular formula is C9H13NO2S. The van der Waals surface area contributed by atoms with Crippen molar-refractivity contribution in [2.75, 3.05) is 25.2 Å². The summed E-state index contributed by atoms with van der Waals surface area (Å²) in [5.41, 5.74) is 6.45. The molecule has 0 fully saturated rings. The van der Waals surface area contributed by atoms with Crippen molar-refractivity contribution in [3.05, 3.63) is 18.2 Å². The number of nitrogen functional groups attached to an aromatic ring is 1. The lowest BCUT2D eigenvalue weighted by molar-refractivity contribution is 0.322. The second-order valence-corrected chi connectivity index (χ2v) is 3.61. The van der Waals surface area contributed by atoms with Gasteiger partial charge in [0.25, 0.3) is 0 Å². The summed E-state index contributed by atoms with van der Waals surface area (Å²) in [7, 11) is 1.62. The predicted molar refractivity (Wildman–Crippen MR) is 55.2 cm³/mol. The highest BCUT2D eigenvalue weighted by Crippen LogP contribution is 2.28. The van der Waals surface area contributed by atoms with Crippen molar-refractivity contribution in [3.63, 3.8) is 0 Å². The van der Waals surface area contributed by atoms with Gasteiger partial charge < -0.3 is 15.6 Å². The molecule has 0 aliphatic rings. The number of aliphatic hydroxyl groups excluding tert-OH is 1. The maximum absolute atomic E-state index is 8.65. The van der Waals surface area contributed by atoms with E-state index in [2.05, 4.69) is 0 Å². The Morgan fingerprint density at radius 3 is 2.92 bits per heavy atom. The van der Waals surface area contributed by atoms with Gasteiger partial charge in [0.15, 0.2) is 0 Å². The monoisotopic (exact) mass is 199 g/mol. The second-order valence-electron chi connectivity index (χ2n) is 2.48. The molecule has 0 spiro atoms. The molecule has 0 bridgehead atoms. The predicted octanol–water partition coefficient (Wildman–Crippen LogP) is 1.36. The average Bonchev–Trinajstić information content (AvgIpc) is 2.17. The van der Waals surface area contributed by atoms with E-state index in [9.17, 15) is 0 Å². The summed E-state index contributed by atoms with van der Waals surface area (Å²) in [4.78, 5) is 0.952. The first-order chi connectivity index (χ1) is 6.27. The molecule has 0 heterocycles. The molecule has 1 aromatic carbocycles. The Hall–Kier alpha value is -0.870. The van der Waals surface area contributed by atoms with E-state index in [1.807, 2.05) is 12.1 Å². The molecule has 1 rings (SSSR count). The van der Waals surface area contributed by atoms with Crippen LogP contribution in [0, 0.1) is 0 Å². The van der Waals surface area contributed by atoms with Gasteiger partial charge in [0.2, 0.25) is 0 Å². The van der Waals surface area contributed by atoms with E-state index in [4.69, 9.17) is 15.6 Å². The fourth-order valence-corrected chi connectivity index (χ4v) is 1.67. The first kappa shape index (κ1) is 10.2. The number of nitrogens with two attached hydrogens (primary N) is 1. The van der Waals surface area contributed by atoms with Gasteiger partial charge >= 0.3 is 0 Å². The highest BCUT2D eigenvalue weighted by Gasteiger charge is 2.01. The van der Waals surface area contributed by atoms with Crippen molar-refractivity contribution < 1.29 is 9.84 Å². The Morgan fingerprint density at radius 2 is 2.31 bits per heavy atom. The first-order valence-electron chi connectivity index (χ1n) is 3.95. The van der Waals surface area contributed by atoms with E-state index in [0.29, 0.717) is 5.75 Å². The number of hydrogen-bond donors (Lipinski definition) is 2. The van der Waals surface area contributed by atoms with Crippen molar-refractivity contribution >= 4 is 17.4 Å². The minimum atomic E-state index is 0.154. The average molecular weight is 199 g/mol. The van der Waals surface area contributed by atoms with Gasteiger partial charge in [0.05, 0.1) is 13.7 Å². The Morgan fingerprint density at radius 1 is 1.54 bits per heavy atom. The molecule has 13 heavy (non-hydrogen) atoms. The highest BCUT2D eigenvalue weighted by atomic mass is 32.2. The van der Waals surface area contributed by atoms with Crippen LogP contribution in [-0.2, 0) is 0 Å². The van der Waals surface area contributed by atoms with Crippen LogP contribution in [0.25, 0.3) is 0 Å². The van der Waals surface area contributed by atoms with Crippen LogP contribution in [0.1, 0.15) is 0 Å². The van der Waals surface area contributed by atoms with Crippen LogP contribution < -0.4 is 10.5 Å². The normalized spacial score (nSPS) is 10.0. The number of benzene rings is 1. The SMILES string of the molecule is COc1ccc(N)c(SCCO)c1. The lowest BCUT2D eigenvalue weighted by atomic mass is 10.3. The van der Waals surface area contributed by atoms with E-state index in [-0.39, 0.29) is 6.61 Å². The standard InChI is InChI=1S/C9H13NO2S/c1-12-7-2-3-8(10)9(6-7)13-5-4-11/h2-3,6,11H,4-5,10H2,1H3. The van der Waals surface area contributed by atoms with E-state index in [0.717, 1.165) is 16.3 Å². The summed E-state index contributed by atoms with van der Waals surface area (Å²) in [6.07, 6.45) is 0. The van der Waals surface area contributed by atoms with Crippen LogP contribution in [0.3, 0.4) is 0 Å². The summed E-state index contributed by atoms with van der Waals surface area (Å²) in [5, 5.41) is 8.65. The number of rotatable bonds is 4. The smallest absolute Gasteiger partial charge is 0.120 e. The number of hydrogen-bond acceptors (Lipinski definition) is 4. The summed E-state index contributed by atoms with van der Waals surface area (Å²) >= 11 is 1.52. The maximum atomic E-state index is 8.65. The summed E-state index contributed by atoms with van der Waals surface area (Å²) < 4.78 is 5.06. The molecule has 0 aliphatic carbocycles. The van der Waals surface area contributed by atoms with Crippen LogP contribution >= 0.6 is 11.8 Å². The molecule has 0 amide bonds. The van der Waals surface area contributed by atoms with Crippen molar-refractivity contribution in [2.24, 2.45) is 0 Å². The van der Waals surface area contributed by atoms with E-state index < -0.39 is 0 Å². The van der Waals surface area contributed by atoms with Gasteiger partial charge in [-0.25, -0.2) is 0 Å². The molecule has 4 heteroatoms. The third kappa shape index (κ3) is 2.82. The van der Waals surface area contributed by atoms with Crippen LogP contribution in [0.15, 0.2) is 23.1 Å². The molecule has 3 nitrogen and oxygen atoms in total. The Labute approximate surface area is 81.9 Å². The van der Waals surface area contributed by atoms with Gasteiger partial charge in [-0.1, -0.05) is 0 Å². The van der Waals surface area contributed by atoms with Crippen LogP contribution in [0.4, 0.5) is 5.69 Å². The van der Waals surface area contributed by atoms with Gasteiger partial charge in [-0.3, -0.25) is 0 Å². The highest BCUT2D eigenvalue weighted by molar-refractivity contribution is 7.99. The van der Waals surface area contributed by atoms with Crippen molar-refractivity contribution in [3.8, 4) is 5.75 Å². The molecule has 0 unspecified atom stereocenters. The zero-order chi connectivity index (χ0) is 9.68. The Balaban J connectivity index is 2.78. The molecule has 0 saturated heterocycles. The Bertz CT molecular complexity index is 278. The van der Waals surface area contributed by atoms with Crippen molar-refractivity contribution in [2.45, 2.75) is 4.90 Å². The lowest BCUT2D eigenvalue weighted by Crippen LogP contribution is -1.92. The summed E-state index contributed by atoms with van der Waals surface area (Å²) in [5.74, 6) is 1.44. The third-order valence-corrected chi connectivity index (χ3v) is 2.62. The molecule has 0 saturated carbocycles. The molecule has 72 valence electrons. The van der Waals surface area contributed by atoms with Gasteiger partial charge in [-0.05, 0) is 18.2 Å². The van der Waals surface area contributed by atoms with E-state index >= 15 is 0 Å². The van der Waals surface area contributed by atoms with Crippen molar-refractivity contribution in [1.29, 1.82) is 0 Å². The number of thioether (sulfide) groups is 1. The summed E-state index contributed by atoms with van der Waals surface area (Å²) in [6, 6.07) is 5.49. The molecule has 0 radical (unpaired) electrons. The number of aliphatic hydroxyl groups is 1. The molecule has 3 N–H and O–H groups in total. The van der Waals surface area contributed by atoms with Gasteiger partial charge in [0.1, 0.15) is 5.75 Å². The number of methoxy groups -OCH3 is 1. The fourth-order valence-electron chi connectivity index (χ4n) is 0.922. The molecule has 1 aromatic rings. The topological polar surface area (TPSA) is 55.5 Å². The number of ether oxygens (including phenoxy) is 1.